The van der Waals surface area contributed by atoms with Crippen LogP contribution in [0.4, 0.5) is 0 Å². The molecule has 100 valence electrons. The maximum absolute atomic E-state index is 12.4. The molecule has 5 heteroatoms. The molecule has 1 amide bonds. The summed E-state index contributed by atoms with van der Waals surface area (Å²) in [4.78, 5) is 14.1. The van der Waals surface area contributed by atoms with E-state index >= 15 is 0 Å². The highest BCUT2D eigenvalue weighted by molar-refractivity contribution is 6.34. The van der Waals surface area contributed by atoms with Crippen LogP contribution in [-0.2, 0) is 0 Å². The molecule has 0 bridgehead atoms. The number of carbonyl (C=O) groups is 1. The summed E-state index contributed by atoms with van der Waals surface area (Å²) in [5.41, 5.74) is 6.46. The van der Waals surface area contributed by atoms with E-state index in [1.54, 1.807) is 17.0 Å². The Labute approximate surface area is 116 Å². The van der Waals surface area contributed by atoms with E-state index in [1.807, 2.05) is 12.1 Å². The van der Waals surface area contributed by atoms with Crippen molar-refractivity contribution in [3.8, 4) is 0 Å². The molecule has 1 saturated heterocycles. The second-order valence-electron chi connectivity index (χ2n) is 4.92. The third-order valence-electron chi connectivity index (χ3n) is 3.45. The van der Waals surface area contributed by atoms with Crippen LogP contribution in [-0.4, -0.2) is 29.9 Å². The highest BCUT2D eigenvalue weighted by Crippen LogP contribution is 2.27. The molecule has 1 aliphatic rings. The molecule has 2 aromatic rings. The van der Waals surface area contributed by atoms with Crippen molar-refractivity contribution in [2.75, 3.05) is 13.1 Å². The average molecular weight is 279 g/mol. The molecule has 1 atom stereocenters. The number of rotatable bonds is 1. The van der Waals surface area contributed by atoms with E-state index in [9.17, 15) is 4.79 Å². The standard InChI is InChI=1S/C14H15ClN2O2/c15-11-5-1-3-9-7-12(19-13(9)11)14(18)17-6-2-4-10(16)8-17/h1,3,5,7,10H,2,4,6,8,16H2/t10-/m0/s1. The molecule has 1 aliphatic heterocycles. The SMILES string of the molecule is N[C@H]1CCCN(C(=O)c2cc3cccc(Cl)c3o2)C1. The molecule has 1 fully saturated rings. The number of nitrogens with two attached hydrogens (primary N) is 1. The maximum Gasteiger partial charge on any atom is 0.289 e. The lowest BCUT2D eigenvalue weighted by Crippen LogP contribution is -2.45. The molecule has 0 unspecified atom stereocenters. The highest BCUT2D eigenvalue weighted by Gasteiger charge is 2.25. The number of piperidine rings is 1. The zero-order chi connectivity index (χ0) is 13.4. The van der Waals surface area contributed by atoms with Crippen LogP contribution in [0.15, 0.2) is 28.7 Å². The van der Waals surface area contributed by atoms with Gasteiger partial charge in [-0.2, -0.15) is 0 Å². The lowest BCUT2D eigenvalue weighted by molar-refractivity contribution is 0.0679. The summed E-state index contributed by atoms with van der Waals surface area (Å²) < 4.78 is 5.59. The monoisotopic (exact) mass is 278 g/mol. The quantitative estimate of drug-likeness (QED) is 0.872. The zero-order valence-corrected chi connectivity index (χ0v) is 11.2. The lowest BCUT2D eigenvalue weighted by Gasteiger charge is -2.29. The Bertz CT molecular complexity index is 623. The predicted octanol–water partition coefficient (Wildman–Crippen LogP) is 2.65. The second-order valence-corrected chi connectivity index (χ2v) is 5.33. The van der Waals surface area contributed by atoms with Gasteiger partial charge in [0.15, 0.2) is 11.3 Å². The van der Waals surface area contributed by atoms with Crippen molar-refractivity contribution in [2.24, 2.45) is 5.73 Å². The third-order valence-corrected chi connectivity index (χ3v) is 3.75. The Kier molecular flexibility index (Phi) is 3.21. The molecule has 2 heterocycles. The van der Waals surface area contributed by atoms with Gasteiger partial charge in [0.05, 0.1) is 5.02 Å². The molecule has 1 aromatic heterocycles. The summed E-state index contributed by atoms with van der Waals surface area (Å²) in [6, 6.07) is 7.27. The number of benzene rings is 1. The Morgan fingerprint density at radius 1 is 1.47 bits per heavy atom. The van der Waals surface area contributed by atoms with Crippen LogP contribution in [0.2, 0.25) is 5.02 Å². The molecule has 0 saturated carbocycles. The first-order valence-corrected chi connectivity index (χ1v) is 6.76. The molecule has 2 N–H and O–H groups in total. The largest absolute Gasteiger partial charge is 0.449 e. The Morgan fingerprint density at radius 3 is 3.05 bits per heavy atom. The second kappa shape index (κ2) is 4.87. The van der Waals surface area contributed by atoms with Crippen molar-refractivity contribution >= 4 is 28.5 Å². The van der Waals surface area contributed by atoms with E-state index in [4.69, 9.17) is 21.8 Å². The minimum absolute atomic E-state index is 0.0608. The van der Waals surface area contributed by atoms with E-state index in [1.165, 1.54) is 0 Å². The van der Waals surface area contributed by atoms with Gasteiger partial charge in [-0.1, -0.05) is 23.7 Å². The molecule has 3 rings (SSSR count). The summed E-state index contributed by atoms with van der Waals surface area (Å²) in [7, 11) is 0. The molecular formula is C14H15ClN2O2. The predicted molar refractivity (Wildman–Crippen MR) is 74.3 cm³/mol. The van der Waals surface area contributed by atoms with Gasteiger partial charge in [-0.25, -0.2) is 0 Å². The van der Waals surface area contributed by atoms with E-state index < -0.39 is 0 Å². The Balaban J connectivity index is 1.91. The Morgan fingerprint density at radius 2 is 2.32 bits per heavy atom. The fourth-order valence-electron chi connectivity index (χ4n) is 2.48. The highest BCUT2D eigenvalue weighted by atomic mass is 35.5. The van der Waals surface area contributed by atoms with Gasteiger partial charge in [0.25, 0.3) is 5.91 Å². The van der Waals surface area contributed by atoms with Gasteiger partial charge in [-0.05, 0) is 25.0 Å². The fourth-order valence-corrected chi connectivity index (χ4v) is 2.70. The van der Waals surface area contributed by atoms with Crippen molar-refractivity contribution < 1.29 is 9.21 Å². The van der Waals surface area contributed by atoms with Crippen molar-refractivity contribution in [1.82, 2.24) is 4.90 Å². The van der Waals surface area contributed by atoms with Gasteiger partial charge < -0.3 is 15.1 Å². The molecule has 4 nitrogen and oxygen atoms in total. The number of carbonyl (C=O) groups excluding carboxylic acids is 1. The van der Waals surface area contributed by atoms with Gasteiger partial charge in [0, 0.05) is 24.5 Å². The van der Waals surface area contributed by atoms with Gasteiger partial charge in [-0.3, -0.25) is 4.79 Å². The van der Waals surface area contributed by atoms with E-state index in [2.05, 4.69) is 0 Å². The number of furan rings is 1. The molecule has 0 radical (unpaired) electrons. The van der Waals surface area contributed by atoms with Gasteiger partial charge in [0.2, 0.25) is 0 Å². The zero-order valence-electron chi connectivity index (χ0n) is 10.4. The summed E-state index contributed by atoms with van der Waals surface area (Å²) in [6.07, 6.45) is 1.91. The molecule has 0 spiro atoms. The smallest absolute Gasteiger partial charge is 0.289 e. The van der Waals surface area contributed by atoms with Crippen LogP contribution in [0.25, 0.3) is 11.0 Å². The van der Waals surface area contributed by atoms with E-state index in [0.29, 0.717) is 22.9 Å². The van der Waals surface area contributed by atoms with E-state index in [0.717, 1.165) is 24.8 Å². The summed E-state index contributed by atoms with van der Waals surface area (Å²) in [6.45, 7) is 1.32. The van der Waals surface area contributed by atoms with Gasteiger partial charge in [0.1, 0.15) is 0 Å². The fraction of sp³-hybridized carbons (Fsp3) is 0.357. The van der Waals surface area contributed by atoms with Gasteiger partial charge >= 0.3 is 0 Å². The van der Waals surface area contributed by atoms with Crippen molar-refractivity contribution in [2.45, 2.75) is 18.9 Å². The first kappa shape index (κ1) is 12.5. The van der Waals surface area contributed by atoms with Crippen molar-refractivity contribution in [3.05, 3.63) is 35.0 Å². The minimum atomic E-state index is -0.109. The average Bonchev–Trinajstić information content (AvgIpc) is 2.83. The topological polar surface area (TPSA) is 59.5 Å². The third kappa shape index (κ3) is 2.33. The van der Waals surface area contributed by atoms with Crippen LogP contribution in [0.1, 0.15) is 23.4 Å². The summed E-state index contributed by atoms with van der Waals surface area (Å²) in [5.74, 6) is 0.222. The van der Waals surface area contributed by atoms with Crippen LogP contribution in [0.3, 0.4) is 0 Å². The number of halogens is 1. The van der Waals surface area contributed by atoms with Crippen LogP contribution < -0.4 is 5.73 Å². The molecule has 19 heavy (non-hydrogen) atoms. The van der Waals surface area contributed by atoms with Gasteiger partial charge in [-0.15, -0.1) is 0 Å². The first-order valence-electron chi connectivity index (χ1n) is 6.38. The number of amides is 1. The number of likely N-dealkylation sites (tertiary alicyclic amines) is 1. The Hall–Kier alpha value is -1.52. The number of para-hydroxylation sites is 1. The van der Waals surface area contributed by atoms with Crippen molar-refractivity contribution in [1.29, 1.82) is 0 Å². The number of fused-ring (bicyclic) bond motifs is 1. The first-order chi connectivity index (χ1) is 9.15. The number of hydrogen-bond donors (Lipinski definition) is 1. The van der Waals surface area contributed by atoms with Crippen LogP contribution >= 0.6 is 11.6 Å². The summed E-state index contributed by atoms with van der Waals surface area (Å²) >= 11 is 6.05. The van der Waals surface area contributed by atoms with Crippen LogP contribution in [0.5, 0.6) is 0 Å². The molecule has 1 aromatic carbocycles. The molecular weight excluding hydrogens is 264 g/mol. The minimum Gasteiger partial charge on any atom is -0.449 e. The van der Waals surface area contributed by atoms with Crippen LogP contribution in [0, 0.1) is 0 Å². The van der Waals surface area contributed by atoms with E-state index in [-0.39, 0.29) is 11.9 Å². The number of nitrogens with zero attached hydrogens (tertiary/aromatic N) is 1. The molecule has 0 aliphatic carbocycles. The normalized spacial score (nSPS) is 19.9. The lowest BCUT2D eigenvalue weighted by atomic mass is 10.1. The maximum atomic E-state index is 12.4. The summed E-state index contributed by atoms with van der Waals surface area (Å²) in [5, 5.41) is 1.36. The number of hydrogen-bond acceptors (Lipinski definition) is 3. The van der Waals surface area contributed by atoms with Crippen molar-refractivity contribution in [3.63, 3.8) is 0 Å².